The third-order valence-electron chi connectivity index (χ3n) is 4.17. The standard InChI is InChI=1S/C16H16N6OS/c23-15(13-9-17-4-5-18-13)21-11-1-6-22(7-2-11)14-12-3-8-24-16(12)20-10-19-14/h3-5,8-11H,1-2,6-7H2,(H,21,23). The number of hydrogen-bond donors (Lipinski definition) is 1. The molecule has 7 nitrogen and oxygen atoms in total. The molecule has 0 atom stereocenters. The van der Waals surface area contributed by atoms with Gasteiger partial charge < -0.3 is 10.2 Å². The molecule has 1 N–H and O–H groups in total. The average Bonchev–Trinajstić information content (AvgIpc) is 3.12. The summed E-state index contributed by atoms with van der Waals surface area (Å²) in [5, 5.41) is 6.18. The molecular weight excluding hydrogens is 324 g/mol. The molecule has 122 valence electrons. The van der Waals surface area contributed by atoms with Crippen LogP contribution in [0.2, 0.25) is 0 Å². The van der Waals surface area contributed by atoms with Gasteiger partial charge in [0.25, 0.3) is 5.91 Å². The summed E-state index contributed by atoms with van der Waals surface area (Å²) >= 11 is 1.62. The highest BCUT2D eigenvalue weighted by molar-refractivity contribution is 7.16. The summed E-state index contributed by atoms with van der Waals surface area (Å²) in [4.78, 5) is 32.1. The van der Waals surface area contributed by atoms with Crippen molar-refractivity contribution in [3.63, 3.8) is 0 Å². The van der Waals surface area contributed by atoms with E-state index in [2.05, 4.69) is 36.2 Å². The third-order valence-corrected chi connectivity index (χ3v) is 4.99. The monoisotopic (exact) mass is 340 g/mol. The lowest BCUT2D eigenvalue weighted by atomic mass is 10.0. The maximum Gasteiger partial charge on any atom is 0.271 e. The predicted molar refractivity (Wildman–Crippen MR) is 92.1 cm³/mol. The molecular formula is C16H16N6OS. The van der Waals surface area contributed by atoms with E-state index >= 15 is 0 Å². The Morgan fingerprint density at radius 3 is 2.88 bits per heavy atom. The molecule has 4 rings (SSSR count). The van der Waals surface area contributed by atoms with Crippen molar-refractivity contribution in [2.75, 3.05) is 18.0 Å². The molecule has 0 aromatic carbocycles. The molecule has 1 saturated heterocycles. The lowest BCUT2D eigenvalue weighted by molar-refractivity contribution is 0.0925. The third kappa shape index (κ3) is 2.92. The number of anilines is 1. The molecule has 0 unspecified atom stereocenters. The van der Waals surface area contributed by atoms with Crippen LogP contribution in [0, 0.1) is 0 Å². The number of fused-ring (bicyclic) bond motifs is 1. The van der Waals surface area contributed by atoms with E-state index in [1.54, 1.807) is 23.9 Å². The highest BCUT2D eigenvalue weighted by atomic mass is 32.1. The number of nitrogens with zero attached hydrogens (tertiary/aromatic N) is 5. The first kappa shape index (κ1) is 14.9. The number of carbonyl (C=O) groups is 1. The fourth-order valence-electron chi connectivity index (χ4n) is 2.94. The maximum absolute atomic E-state index is 12.2. The Morgan fingerprint density at radius 2 is 2.08 bits per heavy atom. The summed E-state index contributed by atoms with van der Waals surface area (Å²) in [6.45, 7) is 1.71. The summed E-state index contributed by atoms with van der Waals surface area (Å²) in [6, 6.07) is 2.22. The zero-order valence-electron chi connectivity index (χ0n) is 12.9. The summed E-state index contributed by atoms with van der Waals surface area (Å²) in [5.74, 6) is 0.823. The summed E-state index contributed by atoms with van der Waals surface area (Å²) in [6.07, 6.45) is 7.94. The summed E-state index contributed by atoms with van der Waals surface area (Å²) in [7, 11) is 0. The maximum atomic E-state index is 12.2. The molecule has 1 fully saturated rings. The lowest BCUT2D eigenvalue weighted by Crippen LogP contribution is -2.45. The molecule has 0 bridgehead atoms. The summed E-state index contributed by atoms with van der Waals surface area (Å²) in [5.41, 5.74) is 0.357. The number of carbonyl (C=O) groups excluding carboxylic acids is 1. The van der Waals surface area contributed by atoms with Crippen LogP contribution in [0.15, 0.2) is 36.4 Å². The molecule has 1 aliphatic rings. The topological polar surface area (TPSA) is 83.9 Å². The van der Waals surface area contributed by atoms with E-state index < -0.39 is 0 Å². The Morgan fingerprint density at radius 1 is 1.21 bits per heavy atom. The van der Waals surface area contributed by atoms with Crippen LogP contribution < -0.4 is 10.2 Å². The van der Waals surface area contributed by atoms with Crippen molar-refractivity contribution in [1.82, 2.24) is 25.3 Å². The first-order valence-corrected chi connectivity index (χ1v) is 8.69. The molecule has 24 heavy (non-hydrogen) atoms. The molecule has 1 amide bonds. The van der Waals surface area contributed by atoms with Gasteiger partial charge in [0.1, 0.15) is 22.7 Å². The van der Waals surface area contributed by atoms with E-state index in [-0.39, 0.29) is 11.9 Å². The molecule has 0 saturated carbocycles. The van der Waals surface area contributed by atoms with E-state index in [0.717, 1.165) is 42.0 Å². The van der Waals surface area contributed by atoms with Crippen molar-refractivity contribution in [2.45, 2.75) is 18.9 Å². The van der Waals surface area contributed by atoms with E-state index in [0.29, 0.717) is 5.69 Å². The number of piperidine rings is 1. The minimum Gasteiger partial charge on any atom is -0.356 e. The van der Waals surface area contributed by atoms with Crippen molar-refractivity contribution in [2.24, 2.45) is 0 Å². The zero-order valence-corrected chi connectivity index (χ0v) is 13.7. The van der Waals surface area contributed by atoms with Crippen LogP contribution in [-0.4, -0.2) is 45.0 Å². The van der Waals surface area contributed by atoms with Gasteiger partial charge in [0.2, 0.25) is 0 Å². The quantitative estimate of drug-likeness (QED) is 0.784. The number of thiophene rings is 1. The second-order valence-electron chi connectivity index (χ2n) is 5.66. The van der Waals surface area contributed by atoms with Gasteiger partial charge in [0.05, 0.1) is 11.6 Å². The van der Waals surface area contributed by atoms with Crippen LogP contribution in [0.3, 0.4) is 0 Å². The number of rotatable bonds is 3. The van der Waals surface area contributed by atoms with Gasteiger partial charge >= 0.3 is 0 Å². The van der Waals surface area contributed by atoms with Crippen molar-refractivity contribution in [1.29, 1.82) is 0 Å². The van der Waals surface area contributed by atoms with Crippen molar-refractivity contribution < 1.29 is 4.79 Å². The summed E-state index contributed by atoms with van der Waals surface area (Å²) < 4.78 is 0. The fourth-order valence-corrected chi connectivity index (χ4v) is 3.67. The van der Waals surface area contributed by atoms with Crippen LogP contribution in [0.1, 0.15) is 23.3 Å². The highest BCUT2D eigenvalue weighted by Crippen LogP contribution is 2.28. The minimum absolute atomic E-state index is 0.149. The lowest BCUT2D eigenvalue weighted by Gasteiger charge is -2.33. The van der Waals surface area contributed by atoms with E-state index in [4.69, 9.17) is 0 Å². The number of nitrogens with one attached hydrogen (secondary N) is 1. The van der Waals surface area contributed by atoms with Gasteiger partial charge in [-0.25, -0.2) is 15.0 Å². The number of aromatic nitrogens is 4. The van der Waals surface area contributed by atoms with Crippen molar-refractivity contribution >= 4 is 33.3 Å². The van der Waals surface area contributed by atoms with Crippen molar-refractivity contribution in [3.8, 4) is 0 Å². The molecule has 1 aliphatic heterocycles. The van der Waals surface area contributed by atoms with Crippen LogP contribution in [0.5, 0.6) is 0 Å². The molecule has 0 spiro atoms. The van der Waals surface area contributed by atoms with E-state index in [1.165, 1.54) is 12.4 Å². The SMILES string of the molecule is O=C(NC1CCN(c2ncnc3sccc23)CC1)c1cnccn1. The zero-order chi connectivity index (χ0) is 16.4. The molecule has 3 aromatic rings. The van der Waals surface area contributed by atoms with Gasteiger partial charge in [-0.15, -0.1) is 11.3 Å². The van der Waals surface area contributed by atoms with Gasteiger partial charge in [0, 0.05) is 31.5 Å². The van der Waals surface area contributed by atoms with Gasteiger partial charge in [-0.1, -0.05) is 0 Å². The molecule has 4 heterocycles. The molecule has 8 heteroatoms. The Labute approximate surface area is 142 Å². The van der Waals surface area contributed by atoms with Crippen LogP contribution in [0.4, 0.5) is 5.82 Å². The van der Waals surface area contributed by atoms with Crippen molar-refractivity contribution in [3.05, 3.63) is 42.1 Å². The number of hydrogen-bond acceptors (Lipinski definition) is 7. The Balaban J connectivity index is 1.40. The molecule has 3 aromatic heterocycles. The highest BCUT2D eigenvalue weighted by Gasteiger charge is 2.23. The van der Waals surface area contributed by atoms with Crippen LogP contribution in [-0.2, 0) is 0 Å². The first-order valence-electron chi connectivity index (χ1n) is 7.81. The predicted octanol–water partition coefficient (Wildman–Crippen LogP) is 1.88. The van der Waals surface area contributed by atoms with E-state index in [9.17, 15) is 4.79 Å². The number of amides is 1. The Hall–Kier alpha value is -2.61. The van der Waals surface area contributed by atoms with Gasteiger partial charge in [-0.05, 0) is 24.3 Å². The van der Waals surface area contributed by atoms with Crippen LogP contribution in [0.25, 0.3) is 10.2 Å². The van der Waals surface area contributed by atoms with Crippen LogP contribution >= 0.6 is 11.3 Å². The smallest absolute Gasteiger partial charge is 0.271 e. The molecule has 0 radical (unpaired) electrons. The normalized spacial score (nSPS) is 15.6. The second-order valence-corrected chi connectivity index (χ2v) is 6.56. The fraction of sp³-hybridized carbons (Fsp3) is 0.312. The van der Waals surface area contributed by atoms with E-state index in [1.807, 2.05) is 5.38 Å². The van der Waals surface area contributed by atoms with Gasteiger partial charge in [-0.2, -0.15) is 0 Å². The average molecular weight is 340 g/mol. The second kappa shape index (κ2) is 6.48. The first-order chi connectivity index (χ1) is 11.8. The van der Waals surface area contributed by atoms with Gasteiger partial charge in [0.15, 0.2) is 0 Å². The van der Waals surface area contributed by atoms with Gasteiger partial charge in [-0.3, -0.25) is 9.78 Å². The Kier molecular flexibility index (Phi) is 4.04. The largest absolute Gasteiger partial charge is 0.356 e. The molecule has 0 aliphatic carbocycles. The minimum atomic E-state index is -0.163. The Bertz CT molecular complexity index is 844.